The largest absolute Gasteiger partial charge is 0.494 e. The van der Waals surface area contributed by atoms with Crippen LogP contribution in [0.15, 0.2) is 24.3 Å². The Morgan fingerprint density at radius 1 is 1.28 bits per heavy atom. The summed E-state index contributed by atoms with van der Waals surface area (Å²) in [7, 11) is 0. The van der Waals surface area contributed by atoms with Crippen LogP contribution in [-0.2, 0) is 0 Å². The number of terminal acetylenes is 1. The van der Waals surface area contributed by atoms with Gasteiger partial charge in [-0.15, -0.1) is 12.3 Å². The summed E-state index contributed by atoms with van der Waals surface area (Å²) in [5, 5.41) is 3.54. The molecular formula is C16H23NO. The third-order valence-corrected chi connectivity index (χ3v) is 2.81. The maximum atomic E-state index is 5.45. The zero-order valence-electron chi connectivity index (χ0n) is 11.4. The lowest BCUT2D eigenvalue weighted by atomic mass is 10.0. The average Bonchev–Trinajstić information content (AvgIpc) is 2.41. The molecular weight excluding hydrogens is 222 g/mol. The molecule has 1 aromatic carbocycles. The first-order valence-corrected chi connectivity index (χ1v) is 6.71. The maximum absolute atomic E-state index is 5.45. The summed E-state index contributed by atoms with van der Waals surface area (Å²) >= 11 is 0. The fourth-order valence-electron chi connectivity index (χ4n) is 1.90. The highest BCUT2D eigenvalue weighted by atomic mass is 16.5. The maximum Gasteiger partial charge on any atom is 0.119 e. The van der Waals surface area contributed by atoms with E-state index < -0.39 is 0 Å². The standard InChI is InChI=1S/C16H23NO/c1-4-7-8-16(17-13-5-2)14-9-11-15(12-10-14)18-6-3/h1,9-12,16-17H,5-8,13H2,2-3H3. The Morgan fingerprint density at radius 2 is 2.00 bits per heavy atom. The summed E-state index contributed by atoms with van der Waals surface area (Å²) in [5.41, 5.74) is 1.28. The summed E-state index contributed by atoms with van der Waals surface area (Å²) in [6.07, 6.45) is 8.25. The third-order valence-electron chi connectivity index (χ3n) is 2.81. The highest BCUT2D eigenvalue weighted by molar-refractivity contribution is 5.29. The molecule has 18 heavy (non-hydrogen) atoms. The highest BCUT2D eigenvalue weighted by Gasteiger charge is 2.09. The molecule has 1 rings (SSSR count). The predicted molar refractivity (Wildman–Crippen MR) is 76.7 cm³/mol. The topological polar surface area (TPSA) is 21.3 Å². The van der Waals surface area contributed by atoms with Crippen molar-refractivity contribution in [3.63, 3.8) is 0 Å². The average molecular weight is 245 g/mol. The van der Waals surface area contributed by atoms with E-state index in [-0.39, 0.29) is 0 Å². The minimum absolute atomic E-state index is 0.344. The Kier molecular flexibility index (Phi) is 6.98. The summed E-state index contributed by atoms with van der Waals surface area (Å²) in [6.45, 7) is 5.88. The zero-order chi connectivity index (χ0) is 13.2. The van der Waals surface area contributed by atoms with E-state index in [4.69, 9.17) is 11.2 Å². The van der Waals surface area contributed by atoms with Crippen molar-refractivity contribution in [2.45, 2.75) is 39.2 Å². The molecule has 98 valence electrons. The van der Waals surface area contributed by atoms with E-state index in [1.165, 1.54) is 5.56 Å². The normalized spacial score (nSPS) is 11.8. The molecule has 2 heteroatoms. The molecule has 0 heterocycles. The molecule has 1 atom stereocenters. The number of ether oxygens (including phenoxy) is 1. The number of hydrogen-bond donors (Lipinski definition) is 1. The fraction of sp³-hybridized carbons (Fsp3) is 0.500. The molecule has 1 aromatic rings. The first-order valence-electron chi connectivity index (χ1n) is 6.71. The quantitative estimate of drug-likeness (QED) is 0.707. The van der Waals surface area contributed by atoms with Gasteiger partial charge in [0, 0.05) is 12.5 Å². The van der Waals surface area contributed by atoms with Gasteiger partial charge in [-0.2, -0.15) is 0 Å². The van der Waals surface area contributed by atoms with Crippen molar-refractivity contribution >= 4 is 0 Å². The summed E-state index contributed by atoms with van der Waals surface area (Å²) in [5.74, 6) is 3.63. The van der Waals surface area contributed by atoms with Gasteiger partial charge in [0.15, 0.2) is 0 Å². The van der Waals surface area contributed by atoms with Crippen LogP contribution in [0.4, 0.5) is 0 Å². The van der Waals surface area contributed by atoms with Crippen LogP contribution in [0, 0.1) is 12.3 Å². The van der Waals surface area contributed by atoms with Crippen molar-refractivity contribution in [2.24, 2.45) is 0 Å². The van der Waals surface area contributed by atoms with Gasteiger partial charge in [0.2, 0.25) is 0 Å². The molecule has 0 saturated heterocycles. The zero-order valence-corrected chi connectivity index (χ0v) is 11.4. The van der Waals surface area contributed by atoms with Crippen LogP contribution in [0.5, 0.6) is 5.75 Å². The molecule has 1 N–H and O–H groups in total. The first-order chi connectivity index (χ1) is 8.81. The van der Waals surface area contributed by atoms with Crippen molar-refractivity contribution in [3.05, 3.63) is 29.8 Å². The van der Waals surface area contributed by atoms with Crippen molar-refractivity contribution in [3.8, 4) is 18.1 Å². The first kappa shape index (κ1) is 14.6. The van der Waals surface area contributed by atoms with Crippen LogP contribution in [0.1, 0.15) is 44.7 Å². The molecule has 0 aromatic heterocycles. The van der Waals surface area contributed by atoms with Gasteiger partial charge in [0.25, 0.3) is 0 Å². The van der Waals surface area contributed by atoms with Gasteiger partial charge < -0.3 is 10.1 Å². The molecule has 0 aliphatic carbocycles. The van der Waals surface area contributed by atoms with Gasteiger partial charge in [-0.05, 0) is 44.0 Å². The number of hydrogen-bond acceptors (Lipinski definition) is 2. The summed E-state index contributed by atoms with van der Waals surface area (Å²) in [6, 6.07) is 8.63. The van der Waals surface area contributed by atoms with Gasteiger partial charge in [0.05, 0.1) is 6.61 Å². The van der Waals surface area contributed by atoms with E-state index in [2.05, 4.69) is 30.3 Å². The van der Waals surface area contributed by atoms with Gasteiger partial charge in [-0.1, -0.05) is 19.1 Å². The Bertz CT molecular complexity index is 364. The Balaban J connectivity index is 2.67. The molecule has 0 aliphatic rings. The molecule has 0 spiro atoms. The SMILES string of the molecule is C#CCCC(NCCC)c1ccc(OCC)cc1. The van der Waals surface area contributed by atoms with Crippen LogP contribution < -0.4 is 10.1 Å². The van der Waals surface area contributed by atoms with Gasteiger partial charge in [-0.25, -0.2) is 0 Å². The van der Waals surface area contributed by atoms with E-state index >= 15 is 0 Å². The molecule has 0 fully saturated rings. The van der Waals surface area contributed by atoms with E-state index in [0.29, 0.717) is 12.6 Å². The van der Waals surface area contributed by atoms with Crippen LogP contribution in [0.2, 0.25) is 0 Å². The Labute approximate surface area is 111 Å². The lowest BCUT2D eigenvalue weighted by Crippen LogP contribution is -2.22. The molecule has 2 nitrogen and oxygen atoms in total. The Hall–Kier alpha value is -1.46. The van der Waals surface area contributed by atoms with Crippen LogP contribution in [-0.4, -0.2) is 13.2 Å². The predicted octanol–water partition coefficient (Wildman–Crippen LogP) is 3.54. The third kappa shape index (κ3) is 4.81. The molecule has 0 radical (unpaired) electrons. The van der Waals surface area contributed by atoms with Crippen molar-refractivity contribution in [1.29, 1.82) is 0 Å². The Morgan fingerprint density at radius 3 is 2.56 bits per heavy atom. The molecule has 0 amide bonds. The van der Waals surface area contributed by atoms with E-state index in [1.807, 2.05) is 19.1 Å². The minimum atomic E-state index is 0.344. The number of rotatable bonds is 8. The summed E-state index contributed by atoms with van der Waals surface area (Å²) in [4.78, 5) is 0. The number of benzene rings is 1. The van der Waals surface area contributed by atoms with Crippen LogP contribution in [0.3, 0.4) is 0 Å². The lowest BCUT2D eigenvalue weighted by molar-refractivity contribution is 0.340. The van der Waals surface area contributed by atoms with Crippen molar-refractivity contribution in [1.82, 2.24) is 5.32 Å². The molecule has 0 saturated carbocycles. The van der Waals surface area contributed by atoms with Gasteiger partial charge >= 0.3 is 0 Å². The second kappa shape index (κ2) is 8.60. The lowest BCUT2D eigenvalue weighted by Gasteiger charge is -2.18. The smallest absolute Gasteiger partial charge is 0.119 e. The minimum Gasteiger partial charge on any atom is -0.494 e. The van der Waals surface area contributed by atoms with Gasteiger partial charge in [-0.3, -0.25) is 0 Å². The van der Waals surface area contributed by atoms with Crippen molar-refractivity contribution in [2.75, 3.05) is 13.2 Å². The van der Waals surface area contributed by atoms with E-state index in [9.17, 15) is 0 Å². The second-order valence-corrected chi connectivity index (χ2v) is 4.25. The molecule has 0 aliphatic heterocycles. The fourth-order valence-corrected chi connectivity index (χ4v) is 1.90. The van der Waals surface area contributed by atoms with E-state index in [1.54, 1.807) is 0 Å². The monoisotopic (exact) mass is 245 g/mol. The van der Waals surface area contributed by atoms with Crippen LogP contribution >= 0.6 is 0 Å². The second-order valence-electron chi connectivity index (χ2n) is 4.25. The van der Waals surface area contributed by atoms with Crippen molar-refractivity contribution < 1.29 is 4.74 Å². The highest BCUT2D eigenvalue weighted by Crippen LogP contribution is 2.21. The van der Waals surface area contributed by atoms with Gasteiger partial charge in [0.1, 0.15) is 5.75 Å². The van der Waals surface area contributed by atoms with Crippen LogP contribution in [0.25, 0.3) is 0 Å². The number of nitrogens with one attached hydrogen (secondary N) is 1. The van der Waals surface area contributed by atoms with E-state index in [0.717, 1.165) is 31.6 Å². The molecule has 0 bridgehead atoms. The summed E-state index contributed by atoms with van der Waals surface area (Å²) < 4.78 is 5.45. The molecule has 1 unspecified atom stereocenters.